The molecular formula is C7H14O3S. The maximum atomic E-state index is 10.9. The first-order valence-corrected chi connectivity index (χ1v) is 5.72. The van der Waals surface area contributed by atoms with Crippen LogP contribution in [0.5, 0.6) is 0 Å². The Morgan fingerprint density at radius 3 is 2.18 bits per heavy atom. The number of hydrogen-bond donors (Lipinski definition) is 1. The van der Waals surface area contributed by atoms with Crippen molar-refractivity contribution in [2.24, 2.45) is 0 Å². The molecule has 0 atom stereocenters. The molecule has 0 amide bonds. The second-order valence-electron chi connectivity index (χ2n) is 3.23. The van der Waals surface area contributed by atoms with Crippen LogP contribution in [0.1, 0.15) is 26.2 Å². The van der Waals surface area contributed by atoms with Gasteiger partial charge in [0, 0.05) is 0 Å². The van der Waals surface area contributed by atoms with E-state index in [9.17, 15) is 13.5 Å². The topological polar surface area (TPSA) is 54.4 Å². The first-order valence-electron chi connectivity index (χ1n) is 3.90. The molecule has 1 rings (SSSR count). The fraction of sp³-hybridized carbons (Fsp3) is 1.00. The van der Waals surface area contributed by atoms with Crippen LogP contribution in [0.15, 0.2) is 0 Å². The molecule has 11 heavy (non-hydrogen) atoms. The van der Waals surface area contributed by atoms with E-state index in [1.165, 1.54) is 0 Å². The van der Waals surface area contributed by atoms with Crippen LogP contribution in [0.4, 0.5) is 0 Å². The molecule has 1 N–H and O–H groups in total. The van der Waals surface area contributed by atoms with Crippen LogP contribution in [0.3, 0.4) is 0 Å². The lowest BCUT2D eigenvalue weighted by Crippen LogP contribution is -2.38. The van der Waals surface area contributed by atoms with Crippen molar-refractivity contribution in [1.82, 2.24) is 0 Å². The zero-order valence-electron chi connectivity index (χ0n) is 6.71. The third kappa shape index (κ3) is 2.17. The maximum absolute atomic E-state index is 10.9. The van der Waals surface area contributed by atoms with E-state index in [1.54, 1.807) is 0 Å². The Balaban J connectivity index is 2.62. The minimum atomic E-state index is -2.82. The fourth-order valence-corrected chi connectivity index (χ4v) is 2.86. The first-order chi connectivity index (χ1) is 4.97. The summed E-state index contributed by atoms with van der Waals surface area (Å²) in [7, 11) is -2.82. The zero-order valence-corrected chi connectivity index (χ0v) is 7.52. The molecule has 4 heteroatoms. The van der Waals surface area contributed by atoms with Crippen LogP contribution >= 0.6 is 0 Å². The van der Waals surface area contributed by atoms with Crippen molar-refractivity contribution in [2.75, 3.05) is 11.5 Å². The number of hydrogen-bond acceptors (Lipinski definition) is 3. The van der Waals surface area contributed by atoms with Gasteiger partial charge in [0.2, 0.25) is 0 Å². The molecule has 0 radical (unpaired) electrons. The molecule has 1 aliphatic rings. The van der Waals surface area contributed by atoms with Gasteiger partial charge in [-0.15, -0.1) is 0 Å². The van der Waals surface area contributed by atoms with Gasteiger partial charge in [-0.05, 0) is 19.3 Å². The van der Waals surface area contributed by atoms with Crippen LogP contribution in [-0.2, 0) is 9.84 Å². The quantitative estimate of drug-likeness (QED) is 0.629. The first kappa shape index (κ1) is 9.00. The number of aliphatic hydroxyl groups is 1. The van der Waals surface area contributed by atoms with Crippen molar-refractivity contribution >= 4 is 9.84 Å². The Labute approximate surface area is 67.3 Å². The number of rotatable bonds is 1. The van der Waals surface area contributed by atoms with E-state index in [2.05, 4.69) is 0 Å². The highest BCUT2D eigenvalue weighted by Crippen LogP contribution is 2.26. The molecule has 0 spiro atoms. The van der Waals surface area contributed by atoms with Crippen molar-refractivity contribution in [3.8, 4) is 0 Å². The second kappa shape index (κ2) is 2.75. The summed E-state index contributed by atoms with van der Waals surface area (Å²) in [6, 6.07) is 0. The van der Waals surface area contributed by atoms with E-state index in [0.717, 1.165) is 0 Å². The third-order valence-corrected chi connectivity index (χ3v) is 4.07. The SMILES string of the molecule is CCC1(O)CCS(=O)(=O)CC1. The Morgan fingerprint density at radius 1 is 1.36 bits per heavy atom. The van der Waals surface area contributed by atoms with Crippen molar-refractivity contribution in [2.45, 2.75) is 31.8 Å². The highest BCUT2D eigenvalue weighted by atomic mass is 32.2. The highest BCUT2D eigenvalue weighted by Gasteiger charge is 2.33. The molecule has 3 nitrogen and oxygen atoms in total. The van der Waals surface area contributed by atoms with Crippen LogP contribution in [0.25, 0.3) is 0 Å². The smallest absolute Gasteiger partial charge is 0.150 e. The lowest BCUT2D eigenvalue weighted by Gasteiger charge is -2.30. The van der Waals surface area contributed by atoms with Crippen molar-refractivity contribution in [3.63, 3.8) is 0 Å². The highest BCUT2D eigenvalue weighted by molar-refractivity contribution is 7.91. The molecule has 0 aromatic carbocycles. The van der Waals surface area contributed by atoms with Gasteiger partial charge >= 0.3 is 0 Å². The van der Waals surface area contributed by atoms with Gasteiger partial charge < -0.3 is 5.11 Å². The molecule has 0 bridgehead atoms. The zero-order chi connectivity index (χ0) is 8.54. The van der Waals surface area contributed by atoms with Crippen LogP contribution in [0, 0.1) is 0 Å². The van der Waals surface area contributed by atoms with Gasteiger partial charge in [0.25, 0.3) is 0 Å². The monoisotopic (exact) mass is 178 g/mol. The predicted octanol–water partition coefficient (Wildman–Crippen LogP) is 0.336. The fourth-order valence-electron chi connectivity index (χ4n) is 1.27. The minimum absolute atomic E-state index is 0.150. The molecule has 1 aliphatic heterocycles. The molecule has 0 aromatic rings. The summed E-state index contributed by atoms with van der Waals surface area (Å²) in [5.41, 5.74) is -0.703. The molecule has 1 fully saturated rings. The Bertz CT molecular complexity index is 216. The maximum Gasteiger partial charge on any atom is 0.150 e. The van der Waals surface area contributed by atoms with Gasteiger partial charge in [-0.3, -0.25) is 0 Å². The summed E-state index contributed by atoms with van der Waals surface area (Å²) < 4.78 is 21.9. The molecule has 1 heterocycles. The third-order valence-electron chi connectivity index (χ3n) is 2.41. The summed E-state index contributed by atoms with van der Waals surface area (Å²) in [5.74, 6) is 0.300. The van der Waals surface area contributed by atoms with Gasteiger partial charge in [0.1, 0.15) is 0 Å². The molecule has 0 saturated carbocycles. The molecule has 1 saturated heterocycles. The van der Waals surface area contributed by atoms with Crippen molar-refractivity contribution in [3.05, 3.63) is 0 Å². The Morgan fingerprint density at radius 2 is 1.82 bits per heavy atom. The summed E-state index contributed by atoms with van der Waals surface area (Å²) in [4.78, 5) is 0. The van der Waals surface area contributed by atoms with Gasteiger partial charge in [-0.2, -0.15) is 0 Å². The lowest BCUT2D eigenvalue weighted by molar-refractivity contribution is 0.0265. The molecule has 0 aromatic heterocycles. The van der Waals surface area contributed by atoms with Gasteiger partial charge in [-0.1, -0.05) is 6.92 Å². The van der Waals surface area contributed by atoms with Crippen molar-refractivity contribution in [1.29, 1.82) is 0 Å². The summed E-state index contributed by atoms with van der Waals surface area (Å²) in [6.07, 6.45) is 1.47. The summed E-state index contributed by atoms with van der Waals surface area (Å²) in [5, 5.41) is 9.65. The average Bonchev–Trinajstić information content (AvgIpc) is 1.97. The Kier molecular flexibility index (Phi) is 2.25. The van der Waals surface area contributed by atoms with Gasteiger partial charge in [0.05, 0.1) is 17.1 Å². The van der Waals surface area contributed by atoms with Crippen LogP contribution in [0.2, 0.25) is 0 Å². The normalized spacial score (nSPS) is 28.2. The lowest BCUT2D eigenvalue weighted by atomic mass is 9.94. The van der Waals surface area contributed by atoms with E-state index in [4.69, 9.17) is 0 Å². The summed E-state index contributed by atoms with van der Waals surface area (Å²) in [6.45, 7) is 1.89. The predicted molar refractivity (Wildman–Crippen MR) is 43.1 cm³/mol. The molecule has 66 valence electrons. The standard InChI is InChI=1S/C7H14O3S/c1-2-7(8)3-5-11(9,10)6-4-7/h8H,2-6H2,1H3. The van der Waals surface area contributed by atoms with E-state index < -0.39 is 15.4 Å². The largest absolute Gasteiger partial charge is 0.390 e. The van der Waals surface area contributed by atoms with E-state index >= 15 is 0 Å². The Hall–Kier alpha value is -0.0900. The van der Waals surface area contributed by atoms with E-state index in [1.807, 2.05) is 6.92 Å². The average molecular weight is 178 g/mol. The summed E-state index contributed by atoms with van der Waals surface area (Å²) >= 11 is 0. The van der Waals surface area contributed by atoms with E-state index in [-0.39, 0.29) is 11.5 Å². The molecule has 0 unspecified atom stereocenters. The van der Waals surface area contributed by atoms with Crippen LogP contribution < -0.4 is 0 Å². The van der Waals surface area contributed by atoms with Gasteiger partial charge in [0.15, 0.2) is 9.84 Å². The van der Waals surface area contributed by atoms with Crippen LogP contribution in [-0.4, -0.2) is 30.6 Å². The number of sulfone groups is 1. The van der Waals surface area contributed by atoms with Gasteiger partial charge in [-0.25, -0.2) is 8.42 Å². The van der Waals surface area contributed by atoms with E-state index in [0.29, 0.717) is 19.3 Å². The second-order valence-corrected chi connectivity index (χ2v) is 5.53. The minimum Gasteiger partial charge on any atom is -0.390 e. The van der Waals surface area contributed by atoms with Crippen molar-refractivity contribution < 1.29 is 13.5 Å². The molecule has 0 aliphatic carbocycles. The molecular weight excluding hydrogens is 164 g/mol.